The molecule has 0 atom stereocenters. The molecule has 0 bridgehead atoms. The molecule has 138 valence electrons. The summed E-state index contributed by atoms with van der Waals surface area (Å²) in [5.41, 5.74) is 5.44. The van der Waals surface area contributed by atoms with Gasteiger partial charge in [0.15, 0.2) is 0 Å². The van der Waals surface area contributed by atoms with Crippen LogP contribution in [0.2, 0.25) is 0 Å². The Hall–Kier alpha value is -2.38. The zero-order valence-electron chi connectivity index (χ0n) is 11.7. The summed E-state index contributed by atoms with van der Waals surface area (Å²) in [5.74, 6) is -3.49. The number of carbonyl (C=O) groups is 2. The Labute approximate surface area is 129 Å². The highest BCUT2D eigenvalue weighted by molar-refractivity contribution is 5.73. The average Bonchev–Trinajstić information content (AvgIpc) is 2.99. The molecule has 0 saturated heterocycles. The Kier molecular flexibility index (Phi) is 7.63. The zero-order valence-corrected chi connectivity index (χ0v) is 11.7. The first-order valence-electron chi connectivity index (χ1n) is 6.02. The minimum atomic E-state index is -5.08. The largest absolute Gasteiger partial charge is 0.490 e. The highest BCUT2D eigenvalue weighted by Crippen LogP contribution is 2.14. The van der Waals surface area contributed by atoms with Crippen molar-refractivity contribution in [3.63, 3.8) is 0 Å². The topological polar surface area (TPSA) is 131 Å². The van der Waals surface area contributed by atoms with Gasteiger partial charge in [0, 0.05) is 13.0 Å². The number of fused-ring (bicyclic) bond motifs is 1. The first-order chi connectivity index (χ1) is 10.8. The zero-order chi connectivity index (χ0) is 19.1. The quantitative estimate of drug-likeness (QED) is 0.631. The molecule has 24 heavy (non-hydrogen) atoms. The number of aromatic nitrogens is 3. The fraction of sp³-hybridized carbons (Fsp3) is 0.600. The molecule has 1 aliphatic rings. The fourth-order valence-electron chi connectivity index (χ4n) is 1.36. The van der Waals surface area contributed by atoms with Crippen molar-refractivity contribution in [2.45, 2.75) is 38.3 Å². The molecular weight excluding hydrogens is 354 g/mol. The molecule has 0 spiro atoms. The van der Waals surface area contributed by atoms with Crippen LogP contribution in [-0.4, -0.2) is 49.3 Å². The molecule has 0 radical (unpaired) electrons. The first kappa shape index (κ1) is 21.6. The maximum absolute atomic E-state index is 10.6. The second-order valence-electron chi connectivity index (χ2n) is 4.10. The summed E-state index contributed by atoms with van der Waals surface area (Å²) >= 11 is 0. The van der Waals surface area contributed by atoms with E-state index in [9.17, 15) is 26.3 Å². The van der Waals surface area contributed by atoms with Crippen LogP contribution in [0.25, 0.3) is 0 Å². The number of nitrogens with zero attached hydrogens (tertiary/aromatic N) is 3. The maximum Gasteiger partial charge on any atom is 0.490 e. The normalized spacial score (nSPS) is 13.1. The van der Waals surface area contributed by atoms with E-state index in [1.54, 1.807) is 0 Å². The van der Waals surface area contributed by atoms with Gasteiger partial charge in [-0.2, -0.15) is 26.3 Å². The molecule has 2 rings (SSSR count). The molecule has 8 nitrogen and oxygen atoms in total. The van der Waals surface area contributed by atoms with E-state index < -0.39 is 24.3 Å². The third kappa shape index (κ3) is 7.26. The number of carboxylic acid groups (broad SMARTS) is 2. The first-order valence-corrected chi connectivity index (χ1v) is 6.02. The summed E-state index contributed by atoms with van der Waals surface area (Å²) in [4.78, 5) is 17.8. The van der Waals surface area contributed by atoms with Gasteiger partial charge in [0.2, 0.25) is 0 Å². The van der Waals surface area contributed by atoms with Gasteiger partial charge >= 0.3 is 24.3 Å². The second-order valence-corrected chi connectivity index (χ2v) is 4.10. The molecule has 1 aromatic heterocycles. The van der Waals surface area contributed by atoms with Gasteiger partial charge < -0.3 is 20.5 Å². The molecule has 14 heteroatoms. The highest BCUT2D eigenvalue weighted by atomic mass is 19.4. The van der Waals surface area contributed by atoms with Crippen LogP contribution in [0, 0.1) is 0 Å². The summed E-state index contributed by atoms with van der Waals surface area (Å²) < 4.78 is 65.6. The smallest absolute Gasteiger partial charge is 0.475 e. The van der Waals surface area contributed by atoms with E-state index in [1.807, 2.05) is 0 Å². The average molecular weight is 366 g/mol. The van der Waals surface area contributed by atoms with Crippen LogP contribution in [0.4, 0.5) is 26.3 Å². The van der Waals surface area contributed by atoms with Crippen LogP contribution < -0.4 is 5.73 Å². The number of nitrogens with two attached hydrogens (primary N) is 1. The molecule has 1 aliphatic heterocycles. The number of aliphatic carboxylic acids is 2. The predicted molar refractivity (Wildman–Crippen MR) is 63.6 cm³/mol. The SMILES string of the molecule is NCc1nnc2n1CCC2.O=C(O)C(F)(F)F.O=C(O)C(F)(F)F. The lowest BCUT2D eigenvalue weighted by Crippen LogP contribution is -2.21. The molecule has 0 fully saturated rings. The number of alkyl halides is 6. The number of hydrogen-bond acceptors (Lipinski definition) is 5. The van der Waals surface area contributed by atoms with Crippen LogP contribution in [0.3, 0.4) is 0 Å². The number of aryl methyl sites for hydroxylation is 1. The lowest BCUT2D eigenvalue weighted by atomic mass is 10.4. The van der Waals surface area contributed by atoms with Crippen LogP contribution in [0.15, 0.2) is 0 Å². The second kappa shape index (κ2) is 8.47. The van der Waals surface area contributed by atoms with Crippen LogP contribution in [0.5, 0.6) is 0 Å². The van der Waals surface area contributed by atoms with Crippen molar-refractivity contribution in [3.8, 4) is 0 Å². The monoisotopic (exact) mass is 366 g/mol. The van der Waals surface area contributed by atoms with E-state index in [1.165, 1.54) is 6.42 Å². The van der Waals surface area contributed by atoms with Gasteiger partial charge in [-0.1, -0.05) is 0 Å². The molecule has 4 N–H and O–H groups in total. The molecule has 0 aromatic carbocycles. The van der Waals surface area contributed by atoms with Crippen LogP contribution in [-0.2, 0) is 29.1 Å². The highest BCUT2D eigenvalue weighted by Gasteiger charge is 2.38. The molecular formula is C10H12F6N4O4. The Morgan fingerprint density at radius 3 is 1.79 bits per heavy atom. The Bertz CT molecular complexity index is 545. The summed E-state index contributed by atoms with van der Waals surface area (Å²) in [5, 5.41) is 22.2. The third-order valence-corrected chi connectivity index (χ3v) is 2.35. The number of rotatable bonds is 1. The third-order valence-electron chi connectivity index (χ3n) is 2.35. The van der Waals surface area contributed by atoms with Crippen molar-refractivity contribution in [1.82, 2.24) is 14.8 Å². The minimum Gasteiger partial charge on any atom is -0.475 e. The van der Waals surface area contributed by atoms with Crippen LogP contribution in [0.1, 0.15) is 18.1 Å². The Morgan fingerprint density at radius 1 is 1.04 bits per heavy atom. The van der Waals surface area contributed by atoms with Crippen molar-refractivity contribution in [2.24, 2.45) is 5.73 Å². The Balaban J connectivity index is 0.000000343. The summed E-state index contributed by atoms with van der Waals surface area (Å²) in [7, 11) is 0. The maximum atomic E-state index is 10.6. The molecule has 0 saturated carbocycles. The van der Waals surface area contributed by atoms with Gasteiger partial charge in [-0.05, 0) is 6.42 Å². The van der Waals surface area contributed by atoms with Crippen molar-refractivity contribution in [2.75, 3.05) is 0 Å². The predicted octanol–water partition coefficient (Wildman–Crippen LogP) is 0.950. The van der Waals surface area contributed by atoms with E-state index in [-0.39, 0.29) is 0 Å². The van der Waals surface area contributed by atoms with E-state index in [2.05, 4.69) is 14.8 Å². The van der Waals surface area contributed by atoms with E-state index in [0.717, 1.165) is 24.6 Å². The molecule has 0 aliphatic carbocycles. The fourth-order valence-corrected chi connectivity index (χ4v) is 1.36. The van der Waals surface area contributed by atoms with Crippen LogP contribution >= 0.6 is 0 Å². The molecule has 2 heterocycles. The summed E-state index contributed by atoms with van der Waals surface area (Å²) in [6.45, 7) is 1.56. The van der Waals surface area contributed by atoms with Crippen molar-refractivity contribution in [1.29, 1.82) is 0 Å². The van der Waals surface area contributed by atoms with Gasteiger partial charge in [0.25, 0.3) is 0 Å². The number of carboxylic acids is 2. The minimum absolute atomic E-state index is 0.507. The number of hydrogen-bond donors (Lipinski definition) is 3. The van der Waals surface area contributed by atoms with Gasteiger partial charge in [-0.25, -0.2) is 9.59 Å². The molecule has 0 amide bonds. The van der Waals surface area contributed by atoms with E-state index in [4.69, 9.17) is 25.5 Å². The Morgan fingerprint density at radius 2 is 1.46 bits per heavy atom. The standard InChI is InChI=1S/C6H10N4.2C2HF3O2/c7-4-6-9-8-5-2-1-3-10(5)6;2*3-2(4,5)1(6)7/h1-4,7H2;2*(H,6,7). The van der Waals surface area contributed by atoms with Gasteiger partial charge in [-0.15, -0.1) is 10.2 Å². The van der Waals surface area contributed by atoms with Gasteiger partial charge in [0.1, 0.15) is 11.6 Å². The van der Waals surface area contributed by atoms with Crippen molar-refractivity contribution < 1.29 is 46.1 Å². The number of halogens is 6. The lowest BCUT2D eigenvalue weighted by molar-refractivity contribution is -0.193. The molecule has 1 aromatic rings. The molecule has 0 unspecified atom stereocenters. The van der Waals surface area contributed by atoms with Crippen molar-refractivity contribution >= 4 is 11.9 Å². The van der Waals surface area contributed by atoms with E-state index >= 15 is 0 Å². The summed E-state index contributed by atoms with van der Waals surface area (Å²) in [6.07, 6.45) is -7.91. The summed E-state index contributed by atoms with van der Waals surface area (Å²) in [6, 6.07) is 0. The van der Waals surface area contributed by atoms with E-state index in [0.29, 0.717) is 6.54 Å². The van der Waals surface area contributed by atoms with Gasteiger partial charge in [-0.3, -0.25) is 0 Å². The van der Waals surface area contributed by atoms with Gasteiger partial charge in [0.05, 0.1) is 6.54 Å². The lowest BCUT2D eigenvalue weighted by Gasteiger charge is -1.96. The van der Waals surface area contributed by atoms with Crippen molar-refractivity contribution in [3.05, 3.63) is 11.6 Å².